The molecule has 0 atom stereocenters. The number of pyridine rings is 1. The van der Waals surface area contributed by atoms with E-state index in [0.29, 0.717) is 22.6 Å². The number of amides is 1. The fourth-order valence-electron chi connectivity index (χ4n) is 3.79. The molecule has 1 heterocycles. The Morgan fingerprint density at radius 1 is 1.15 bits per heavy atom. The molecule has 1 saturated carbocycles. The van der Waals surface area contributed by atoms with Crippen molar-refractivity contribution in [1.29, 1.82) is 0 Å². The molecule has 1 fully saturated rings. The van der Waals surface area contributed by atoms with Gasteiger partial charge in [-0.15, -0.1) is 0 Å². The second-order valence-corrected chi connectivity index (χ2v) is 8.04. The van der Waals surface area contributed by atoms with E-state index in [-0.39, 0.29) is 25.2 Å². The van der Waals surface area contributed by atoms with Crippen molar-refractivity contribution in [1.82, 2.24) is 10.3 Å². The van der Waals surface area contributed by atoms with Gasteiger partial charge in [-0.1, -0.05) is 12.1 Å². The number of aromatic nitrogens is 1. The second-order valence-electron chi connectivity index (χ2n) is 8.04. The fraction of sp³-hybridized carbons (Fsp3) is 0.308. The molecule has 7 heteroatoms. The third-order valence-electron chi connectivity index (χ3n) is 5.90. The van der Waals surface area contributed by atoms with Crippen LogP contribution in [0.4, 0.5) is 4.39 Å². The molecule has 6 nitrogen and oxygen atoms in total. The maximum absolute atomic E-state index is 13.3. The van der Waals surface area contributed by atoms with E-state index in [1.54, 1.807) is 48.8 Å². The van der Waals surface area contributed by atoms with Crippen LogP contribution in [0.5, 0.6) is 11.5 Å². The predicted molar refractivity (Wildman–Crippen MR) is 123 cm³/mol. The Morgan fingerprint density at radius 3 is 2.67 bits per heavy atom. The highest BCUT2D eigenvalue weighted by molar-refractivity contribution is 5.98. The van der Waals surface area contributed by atoms with Crippen LogP contribution in [0.15, 0.2) is 54.9 Å². The van der Waals surface area contributed by atoms with Gasteiger partial charge in [-0.3, -0.25) is 9.78 Å². The summed E-state index contributed by atoms with van der Waals surface area (Å²) in [6.07, 6.45) is 6.47. The van der Waals surface area contributed by atoms with Gasteiger partial charge in [-0.05, 0) is 66.3 Å². The Hall–Kier alpha value is -3.45. The molecule has 3 aromatic rings. The van der Waals surface area contributed by atoms with Crippen LogP contribution in [0.3, 0.4) is 0 Å². The number of aliphatic hydroxyl groups is 1. The van der Waals surface area contributed by atoms with E-state index in [4.69, 9.17) is 9.47 Å². The van der Waals surface area contributed by atoms with Crippen molar-refractivity contribution in [2.24, 2.45) is 0 Å². The van der Waals surface area contributed by atoms with Gasteiger partial charge in [-0.2, -0.15) is 0 Å². The fourth-order valence-corrected chi connectivity index (χ4v) is 3.79. The summed E-state index contributed by atoms with van der Waals surface area (Å²) in [5.74, 6) is 0.709. The van der Waals surface area contributed by atoms with Crippen molar-refractivity contribution in [3.8, 4) is 22.6 Å². The number of halogens is 1. The van der Waals surface area contributed by atoms with Gasteiger partial charge in [0.05, 0.1) is 25.4 Å². The Kier molecular flexibility index (Phi) is 7.19. The van der Waals surface area contributed by atoms with Gasteiger partial charge in [0, 0.05) is 30.1 Å². The number of alkyl halides is 1. The Balaban J connectivity index is 1.60. The minimum absolute atomic E-state index is 0.113. The molecule has 2 aromatic carbocycles. The number of hydrogen-bond donors (Lipinski definition) is 2. The lowest BCUT2D eigenvalue weighted by atomic mass is 9.95. The van der Waals surface area contributed by atoms with Crippen LogP contribution in [0.25, 0.3) is 11.1 Å². The quantitative estimate of drug-likeness (QED) is 0.499. The zero-order chi connectivity index (χ0) is 23.2. The van der Waals surface area contributed by atoms with Crippen molar-refractivity contribution < 1.29 is 23.8 Å². The van der Waals surface area contributed by atoms with Crippen molar-refractivity contribution in [2.45, 2.75) is 45.2 Å². The molecule has 1 amide bonds. The average molecular weight is 451 g/mol. The zero-order valence-corrected chi connectivity index (χ0v) is 18.5. The number of hydrogen-bond acceptors (Lipinski definition) is 5. The molecule has 2 N–H and O–H groups in total. The van der Waals surface area contributed by atoms with E-state index in [1.165, 1.54) is 7.11 Å². The third-order valence-corrected chi connectivity index (χ3v) is 5.90. The maximum atomic E-state index is 13.3. The van der Waals surface area contributed by atoms with E-state index in [9.17, 15) is 14.3 Å². The molecule has 0 unspecified atom stereocenters. The highest BCUT2D eigenvalue weighted by Gasteiger charge is 2.23. The average Bonchev–Trinajstić information content (AvgIpc) is 2.84. The summed E-state index contributed by atoms with van der Waals surface area (Å²) in [5, 5.41) is 12.6. The summed E-state index contributed by atoms with van der Waals surface area (Å²) in [6, 6.07) is 12.4. The van der Waals surface area contributed by atoms with Crippen LogP contribution in [0.2, 0.25) is 0 Å². The number of methoxy groups -OCH3 is 1. The number of benzene rings is 2. The van der Waals surface area contributed by atoms with Gasteiger partial charge >= 0.3 is 0 Å². The minimum atomic E-state index is -0.648. The van der Waals surface area contributed by atoms with Crippen LogP contribution in [0, 0.1) is 0 Å². The summed E-state index contributed by atoms with van der Waals surface area (Å²) in [7, 11) is 1.50. The molecule has 33 heavy (non-hydrogen) atoms. The first-order valence-corrected chi connectivity index (χ1v) is 11.0. The molecular formula is C26H27FN2O4. The number of rotatable bonds is 9. The van der Waals surface area contributed by atoms with E-state index < -0.39 is 6.67 Å². The van der Waals surface area contributed by atoms with Gasteiger partial charge in [0.15, 0.2) is 0 Å². The summed E-state index contributed by atoms with van der Waals surface area (Å²) in [6.45, 7) is -0.545. The lowest BCUT2D eigenvalue weighted by Gasteiger charge is -2.27. The largest absolute Gasteiger partial charge is 0.496 e. The number of carbonyl (C=O) groups is 1. The minimum Gasteiger partial charge on any atom is -0.496 e. The molecule has 172 valence electrons. The molecule has 1 aliphatic carbocycles. The summed E-state index contributed by atoms with van der Waals surface area (Å²) in [4.78, 5) is 17.3. The summed E-state index contributed by atoms with van der Waals surface area (Å²) >= 11 is 0. The van der Waals surface area contributed by atoms with Crippen molar-refractivity contribution >= 4 is 5.91 Å². The van der Waals surface area contributed by atoms with Crippen molar-refractivity contribution in [3.63, 3.8) is 0 Å². The number of nitrogens with zero attached hydrogens (tertiary/aromatic N) is 1. The van der Waals surface area contributed by atoms with Crippen LogP contribution in [-0.2, 0) is 19.8 Å². The van der Waals surface area contributed by atoms with Gasteiger partial charge < -0.3 is 19.9 Å². The predicted octanol–water partition coefficient (Wildman–Crippen LogP) is 4.58. The van der Waals surface area contributed by atoms with E-state index >= 15 is 0 Å². The Morgan fingerprint density at radius 2 is 1.97 bits per heavy atom. The first kappa shape index (κ1) is 22.7. The number of ether oxygens (including phenoxy) is 2. The van der Waals surface area contributed by atoms with Crippen LogP contribution in [0.1, 0.15) is 46.3 Å². The topological polar surface area (TPSA) is 80.7 Å². The van der Waals surface area contributed by atoms with E-state index in [2.05, 4.69) is 10.3 Å². The number of carbonyl (C=O) groups excluding carboxylic acids is 1. The van der Waals surface area contributed by atoms with Gasteiger partial charge in [0.1, 0.15) is 18.2 Å². The molecular weight excluding hydrogens is 423 g/mol. The normalized spacial score (nSPS) is 13.3. The lowest BCUT2D eigenvalue weighted by molar-refractivity contribution is 0.0925. The number of aliphatic hydroxyl groups excluding tert-OH is 1. The van der Waals surface area contributed by atoms with Crippen LogP contribution >= 0.6 is 0 Å². The molecule has 0 spiro atoms. The lowest BCUT2D eigenvalue weighted by Crippen LogP contribution is -2.28. The SMILES string of the molecule is COc1ccc(CNC(=O)c2cc(-c3cnccc3CO)ccc2OC2CCC2)cc1CF. The highest BCUT2D eigenvalue weighted by atomic mass is 19.1. The van der Waals surface area contributed by atoms with Crippen LogP contribution < -0.4 is 14.8 Å². The second kappa shape index (κ2) is 10.4. The first-order valence-electron chi connectivity index (χ1n) is 11.0. The van der Waals surface area contributed by atoms with Crippen molar-refractivity contribution in [3.05, 3.63) is 77.1 Å². The Bertz CT molecular complexity index is 1130. The summed E-state index contributed by atoms with van der Waals surface area (Å²) < 4.78 is 24.5. The molecule has 1 aromatic heterocycles. The maximum Gasteiger partial charge on any atom is 0.255 e. The monoisotopic (exact) mass is 450 g/mol. The van der Waals surface area contributed by atoms with E-state index in [0.717, 1.165) is 41.5 Å². The molecule has 0 bridgehead atoms. The molecule has 0 saturated heterocycles. The van der Waals surface area contributed by atoms with E-state index in [1.807, 2.05) is 6.07 Å². The van der Waals surface area contributed by atoms with Gasteiger partial charge in [0.2, 0.25) is 0 Å². The van der Waals surface area contributed by atoms with Gasteiger partial charge in [0.25, 0.3) is 5.91 Å². The number of nitrogens with one attached hydrogen (secondary N) is 1. The molecule has 4 rings (SSSR count). The third kappa shape index (κ3) is 5.14. The molecule has 1 aliphatic rings. The standard InChI is InChI=1S/C26H27FN2O4/c1-32-24-7-5-17(11-20(24)13-27)14-29-26(31)22-12-18(23-15-28-10-9-19(23)16-30)6-8-25(22)33-21-3-2-4-21/h5-12,15,21,30H,2-4,13-14,16H2,1H3,(H,29,31). The molecule has 0 aliphatic heterocycles. The first-order chi connectivity index (χ1) is 16.1. The van der Waals surface area contributed by atoms with Crippen LogP contribution in [-0.4, -0.2) is 29.2 Å². The Labute approximate surface area is 192 Å². The molecule has 0 radical (unpaired) electrons. The van der Waals surface area contributed by atoms with Crippen molar-refractivity contribution in [2.75, 3.05) is 7.11 Å². The smallest absolute Gasteiger partial charge is 0.255 e. The summed E-state index contributed by atoms with van der Waals surface area (Å²) in [5.41, 5.74) is 3.86. The van der Waals surface area contributed by atoms with Gasteiger partial charge in [-0.25, -0.2) is 4.39 Å². The zero-order valence-electron chi connectivity index (χ0n) is 18.5. The highest BCUT2D eigenvalue weighted by Crippen LogP contribution is 2.32.